The van der Waals surface area contributed by atoms with Gasteiger partial charge in [0.2, 0.25) is 5.89 Å². The second kappa shape index (κ2) is 4.70. The molecule has 0 atom stereocenters. The summed E-state index contributed by atoms with van der Waals surface area (Å²) < 4.78 is 7.56. The molecule has 1 aliphatic heterocycles. The summed E-state index contributed by atoms with van der Waals surface area (Å²) in [6.07, 6.45) is 7.53. The van der Waals surface area contributed by atoms with Gasteiger partial charge in [-0.1, -0.05) is 0 Å². The summed E-state index contributed by atoms with van der Waals surface area (Å²) >= 11 is 0. The van der Waals surface area contributed by atoms with Gasteiger partial charge in [0.1, 0.15) is 5.76 Å². The lowest BCUT2D eigenvalue weighted by Crippen LogP contribution is -2.47. The number of rotatable bonds is 5. The number of nitrogens with two attached hydrogens (primary N) is 1. The second-order valence-electron chi connectivity index (χ2n) is 5.85. The van der Waals surface area contributed by atoms with Crippen molar-refractivity contribution in [3.63, 3.8) is 0 Å². The normalized spacial score (nSPS) is 19.6. The van der Waals surface area contributed by atoms with Gasteiger partial charge in [-0.05, 0) is 12.8 Å². The summed E-state index contributed by atoms with van der Waals surface area (Å²) in [5, 5.41) is 4.19. The predicted octanol–water partition coefficient (Wildman–Crippen LogP) is 0.904. The highest BCUT2D eigenvalue weighted by atomic mass is 16.4. The van der Waals surface area contributed by atoms with E-state index < -0.39 is 5.91 Å². The topological polar surface area (TPSA) is 90.2 Å². The number of hydrogen-bond donors (Lipinski definition) is 1. The maximum atomic E-state index is 11.0. The lowest BCUT2D eigenvalue weighted by atomic mass is 10.1. The number of likely N-dealkylation sites (tertiary alicyclic amines) is 1. The number of primary amides is 1. The van der Waals surface area contributed by atoms with Gasteiger partial charge in [0.15, 0.2) is 0 Å². The van der Waals surface area contributed by atoms with E-state index in [1.807, 2.05) is 10.9 Å². The molecule has 21 heavy (non-hydrogen) atoms. The van der Waals surface area contributed by atoms with Crippen molar-refractivity contribution in [2.45, 2.75) is 31.3 Å². The molecule has 1 aliphatic carbocycles. The zero-order valence-corrected chi connectivity index (χ0v) is 11.6. The molecule has 4 rings (SSSR count). The third-order valence-corrected chi connectivity index (χ3v) is 4.11. The van der Waals surface area contributed by atoms with Crippen LogP contribution in [0.25, 0.3) is 0 Å². The quantitative estimate of drug-likeness (QED) is 0.882. The summed E-state index contributed by atoms with van der Waals surface area (Å²) in [6.45, 7) is 2.48. The van der Waals surface area contributed by atoms with E-state index in [-0.39, 0.29) is 6.04 Å². The van der Waals surface area contributed by atoms with Crippen molar-refractivity contribution in [3.8, 4) is 0 Å². The van der Waals surface area contributed by atoms with Crippen molar-refractivity contribution in [2.75, 3.05) is 13.1 Å². The zero-order valence-electron chi connectivity index (χ0n) is 11.6. The van der Waals surface area contributed by atoms with Crippen molar-refractivity contribution < 1.29 is 9.21 Å². The van der Waals surface area contributed by atoms with E-state index in [0.717, 1.165) is 31.3 Å². The highest BCUT2D eigenvalue weighted by molar-refractivity contribution is 5.92. The lowest BCUT2D eigenvalue weighted by Gasteiger charge is -2.38. The fraction of sp³-hybridized carbons (Fsp3) is 0.500. The minimum atomic E-state index is -0.440. The fourth-order valence-corrected chi connectivity index (χ4v) is 2.65. The van der Waals surface area contributed by atoms with Crippen LogP contribution in [0.4, 0.5) is 0 Å². The Kier molecular flexibility index (Phi) is 2.81. The average Bonchev–Trinajstić information content (AvgIpc) is 2.98. The smallest absolute Gasteiger partial charge is 0.251 e. The molecule has 2 N–H and O–H groups in total. The van der Waals surface area contributed by atoms with Crippen molar-refractivity contribution >= 4 is 5.91 Å². The zero-order chi connectivity index (χ0) is 14.4. The molecule has 3 heterocycles. The molecule has 0 unspecified atom stereocenters. The number of oxazole rings is 1. The van der Waals surface area contributed by atoms with Crippen LogP contribution >= 0.6 is 0 Å². The van der Waals surface area contributed by atoms with Crippen molar-refractivity contribution in [2.24, 2.45) is 5.73 Å². The number of amides is 1. The molecule has 2 aliphatic rings. The third-order valence-electron chi connectivity index (χ3n) is 4.11. The molecule has 110 valence electrons. The van der Waals surface area contributed by atoms with Crippen LogP contribution in [0.15, 0.2) is 23.0 Å². The van der Waals surface area contributed by atoms with Crippen LogP contribution in [0, 0.1) is 0 Å². The first-order chi connectivity index (χ1) is 10.2. The van der Waals surface area contributed by atoms with Gasteiger partial charge in [-0.3, -0.25) is 14.4 Å². The molecule has 7 nitrogen and oxygen atoms in total. The van der Waals surface area contributed by atoms with Gasteiger partial charge >= 0.3 is 0 Å². The molecular formula is C14H17N5O2. The Balaban J connectivity index is 1.32. The Bertz CT molecular complexity index is 666. The minimum Gasteiger partial charge on any atom is -0.444 e. The van der Waals surface area contributed by atoms with Crippen molar-refractivity contribution in [1.29, 1.82) is 0 Å². The first kappa shape index (κ1) is 12.6. The molecule has 7 heteroatoms. The van der Waals surface area contributed by atoms with Crippen LogP contribution in [-0.4, -0.2) is 38.7 Å². The highest BCUT2D eigenvalue weighted by Crippen LogP contribution is 2.40. The molecule has 0 spiro atoms. The summed E-state index contributed by atoms with van der Waals surface area (Å²) in [7, 11) is 0. The lowest BCUT2D eigenvalue weighted by molar-refractivity contribution is 0.0810. The van der Waals surface area contributed by atoms with Crippen LogP contribution in [0.5, 0.6) is 0 Å². The highest BCUT2D eigenvalue weighted by Gasteiger charge is 2.31. The SMILES string of the molecule is NC(=O)c1cnn(C2CN(Cc3ncc(C4CC4)o3)C2)c1. The summed E-state index contributed by atoms with van der Waals surface area (Å²) in [6, 6.07) is 0.288. The number of carbonyl (C=O) groups is 1. The number of nitrogens with zero attached hydrogens (tertiary/aromatic N) is 4. The fourth-order valence-electron chi connectivity index (χ4n) is 2.65. The van der Waals surface area contributed by atoms with Gasteiger partial charge in [-0.15, -0.1) is 0 Å². The standard InChI is InChI=1S/C14H17N5O2/c15-14(20)10-3-17-19(5-10)11-6-18(7-11)8-13-16-4-12(21-13)9-1-2-9/h3-5,9,11H,1-2,6-8H2,(H2,15,20). The monoisotopic (exact) mass is 287 g/mol. The van der Waals surface area contributed by atoms with E-state index in [2.05, 4.69) is 15.0 Å². The summed E-state index contributed by atoms with van der Waals surface area (Å²) in [4.78, 5) is 17.6. The number of hydrogen-bond acceptors (Lipinski definition) is 5. The molecule has 0 aromatic carbocycles. The second-order valence-corrected chi connectivity index (χ2v) is 5.85. The van der Waals surface area contributed by atoms with Crippen LogP contribution in [0.2, 0.25) is 0 Å². The first-order valence-electron chi connectivity index (χ1n) is 7.20. The van der Waals surface area contributed by atoms with Crippen LogP contribution in [0.3, 0.4) is 0 Å². The van der Waals surface area contributed by atoms with E-state index >= 15 is 0 Å². The molecule has 1 amide bonds. The average molecular weight is 287 g/mol. The molecular weight excluding hydrogens is 270 g/mol. The molecule has 1 saturated carbocycles. The molecule has 2 fully saturated rings. The Hall–Kier alpha value is -2.15. The predicted molar refractivity (Wildman–Crippen MR) is 73.5 cm³/mol. The maximum absolute atomic E-state index is 11.0. The Morgan fingerprint density at radius 1 is 1.38 bits per heavy atom. The Morgan fingerprint density at radius 2 is 2.19 bits per heavy atom. The largest absolute Gasteiger partial charge is 0.444 e. The van der Waals surface area contributed by atoms with E-state index in [1.54, 1.807) is 6.20 Å². The van der Waals surface area contributed by atoms with Gasteiger partial charge in [-0.25, -0.2) is 4.98 Å². The van der Waals surface area contributed by atoms with E-state index in [4.69, 9.17) is 10.2 Å². The van der Waals surface area contributed by atoms with Crippen molar-refractivity contribution in [1.82, 2.24) is 19.7 Å². The van der Waals surface area contributed by atoms with Gasteiger partial charge in [0, 0.05) is 25.2 Å². The summed E-state index contributed by atoms with van der Waals surface area (Å²) in [5.41, 5.74) is 5.68. The van der Waals surface area contributed by atoms with E-state index in [0.29, 0.717) is 11.5 Å². The number of aromatic nitrogens is 3. The molecule has 0 bridgehead atoms. The Morgan fingerprint density at radius 3 is 2.86 bits per heavy atom. The van der Waals surface area contributed by atoms with Crippen LogP contribution in [0.1, 0.15) is 46.8 Å². The first-order valence-corrected chi connectivity index (χ1v) is 7.20. The number of carbonyl (C=O) groups excluding carboxylic acids is 1. The Labute approximate surface area is 121 Å². The van der Waals surface area contributed by atoms with Crippen molar-refractivity contribution in [3.05, 3.63) is 35.8 Å². The van der Waals surface area contributed by atoms with Gasteiger partial charge in [0.25, 0.3) is 5.91 Å². The molecule has 1 saturated heterocycles. The van der Waals surface area contributed by atoms with E-state index in [1.165, 1.54) is 19.0 Å². The molecule has 0 radical (unpaired) electrons. The van der Waals surface area contributed by atoms with Crippen LogP contribution in [-0.2, 0) is 6.54 Å². The van der Waals surface area contributed by atoms with Crippen LogP contribution < -0.4 is 5.73 Å². The minimum absolute atomic E-state index is 0.288. The molecule has 2 aromatic rings. The van der Waals surface area contributed by atoms with Gasteiger partial charge < -0.3 is 10.2 Å². The van der Waals surface area contributed by atoms with Gasteiger partial charge in [0.05, 0.1) is 30.5 Å². The van der Waals surface area contributed by atoms with E-state index in [9.17, 15) is 4.79 Å². The molecule has 2 aromatic heterocycles. The van der Waals surface area contributed by atoms with Gasteiger partial charge in [-0.2, -0.15) is 5.10 Å². The third kappa shape index (κ3) is 2.44. The maximum Gasteiger partial charge on any atom is 0.251 e. The summed E-state index contributed by atoms with van der Waals surface area (Å²) in [5.74, 6) is 1.98.